The van der Waals surface area contributed by atoms with E-state index >= 15 is 8.78 Å². The maximum absolute atomic E-state index is 15.1. The summed E-state index contributed by atoms with van der Waals surface area (Å²) in [7, 11) is -13.9. The van der Waals surface area contributed by atoms with E-state index in [1.54, 1.807) is 6.07 Å². The highest BCUT2D eigenvalue weighted by atomic mass is 32.2. The second kappa shape index (κ2) is 13.1. The normalized spacial score (nSPS) is 20.4. The quantitative estimate of drug-likeness (QED) is 0.119. The summed E-state index contributed by atoms with van der Waals surface area (Å²) in [5.74, 6) is -7.23. The fourth-order valence-corrected chi connectivity index (χ4v) is 10.6. The fourth-order valence-electron chi connectivity index (χ4n) is 5.94. The van der Waals surface area contributed by atoms with Crippen molar-refractivity contribution in [3.63, 3.8) is 0 Å². The van der Waals surface area contributed by atoms with Crippen LogP contribution in [0.4, 0.5) is 26.3 Å². The number of rotatable bonds is 11. The summed E-state index contributed by atoms with van der Waals surface area (Å²) in [4.78, 5) is 2.33. The minimum Gasteiger partial charge on any atom is -0.260 e. The summed E-state index contributed by atoms with van der Waals surface area (Å²) in [5.41, 5.74) is -0.0284. The molecule has 0 radical (unpaired) electrons. The number of halogens is 6. The van der Waals surface area contributed by atoms with E-state index < -0.39 is 67.2 Å². The molecule has 15 heteroatoms. The summed E-state index contributed by atoms with van der Waals surface area (Å²) in [5, 5.41) is -13.1. The molecule has 1 aliphatic heterocycles. The van der Waals surface area contributed by atoms with E-state index in [4.69, 9.17) is 0 Å². The average molecular weight is 709 g/mol. The molecule has 0 N–H and O–H groups in total. The molecule has 1 heterocycles. The third-order valence-corrected chi connectivity index (χ3v) is 13.9. The van der Waals surface area contributed by atoms with E-state index in [1.807, 2.05) is 60.7 Å². The van der Waals surface area contributed by atoms with Crippen LogP contribution in [-0.2, 0) is 41.8 Å². The maximum Gasteiger partial charge on any atom is 0.439 e. The van der Waals surface area contributed by atoms with Gasteiger partial charge in [0.25, 0.3) is 10.0 Å². The summed E-state index contributed by atoms with van der Waals surface area (Å²) >= 11 is 0. The van der Waals surface area contributed by atoms with Crippen LogP contribution in [-0.4, -0.2) is 50.7 Å². The first kappa shape index (κ1) is 34.7. The van der Waals surface area contributed by atoms with Gasteiger partial charge < -0.3 is 0 Å². The number of hydrogen-bond donors (Lipinski definition) is 0. The predicted octanol–water partition coefficient (Wildman–Crippen LogP) is 7.29. The van der Waals surface area contributed by atoms with Gasteiger partial charge in [-0.2, -0.15) is 39.1 Å². The molecule has 0 aromatic heterocycles. The molecule has 0 amide bonds. The van der Waals surface area contributed by atoms with Crippen molar-refractivity contribution in [1.82, 2.24) is 4.31 Å². The van der Waals surface area contributed by atoms with Gasteiger partial charge in [-0.15, -0.1) is 0 Å². The molecule has 250 valence electrons. The van der Waals surface area contributed by atoms with Crippen molar-refractivity contribution in [2.75, 3.05) is 13.1 Å². The molecule has 1 saturated carbocycles. The van der Waals surface area contributed by atoms with Crippen molar-refractivity contribution in [3.05, 3.63) is 90.5 Å². The van der Waals surface area contributed by atoms with Gasteiger partial charge in [-0.3, -0.25) is 4.18 Å². The van der Waals surface area contributed by atoms with Gasteiger partial charge in [0.15, 0.2) is 14.7 Å². The molecular weight excluding hydrogens is 677 g/mol. The van der Waals surface area contributed by atoms with Crippen LogP contribution in [0, 0.1) is 11.8 Å². The lowest BCUT2D eigenvalue weighted by Crippen LogP contribution is -2.64. The summed E-state index contributed by atoms with van der Waals surface area (Å²) < 4.78 is 145. The summed E-state index contributed by atoms with van der Waals surface area (Å²) in [6, 6.07) is 24.2. The number of piperidine rings is 1. The lowest BCUT2D eigenvalue weighted by Gasteiger charge is -2.42. The van der Waals surface area contributed by atoms with E-state index in [2.05, 4.69) is 4.18 Å². The van der Waals surface area contributed by atoms with Crippen molar-refractivity contribution >= 4 is 31.0 Å². The maximum atomic E-state index is 15.1. The lowest BCUT2D eigenvalue weighted by atomic mass is 9.76. The molecule has 2 unspecified atom stereocenters. The molecule has 2 aliphatic rings. The number of hydrogen-bond acceptors (Lipinski definition) is 5. The Balaban J connectivity index is 1.36. The highest BCUT2D eigenvalue weighted by molar-refractivity contribution is 7.97. The molecule has 2 fully saturated rings. The molecule has 1 aliphatic carbocycles. The van der Waals surface area contributed by atoms with Gasteiger partial charge in [0, 0.05) is 13.1 Å². The number of nitrogens with zero attached hydrogens (tertiary/aromatic N) is 1. The average Bonchev–Trinajstić information content (AvgIpc) is 3.04. The zero-order valence-corrected chi connectivity index (χ0v) is 26.8. The van der Waals surface area contributed by atoms with Crippen LogP contribution >= 0.6 is 0 Å². The van der Waals surface area contributed by atoms with E-state index in [-0.39, 0.29) is 28.1 Å². The Kier molecular flexibility index (Phi) is 9.92. The van der Waals surface area contributed by atoms with Crippen LogP contribution in [0.25, 0.3) is 0 Å². The molecule has 0 spiro atoms. The van der Waals surface area contributed by atoms with Gasteiger partial charge in [0.1, 0.15) is 0 Å². The van der Waals surface area contributed by atoms with Gasteiger partial charge in [0.05, 0.1) is 17.5 Å². The third kappa shape index (κ3) is 6.32. The van der Waals surface area contributed by atoms with E-state index in [0.717, 1.165) is 22.6 Å². The standard InChI is InChI=1S/C31H32F6NO5S3/c32-29(33,30(34,35)45(39,40)38-19-18-24-11-7-8-12-25(24)21-38)31(36,37)46(41,42)43-22-23-10-9-17-28(20-23)44(26-13-3-1-4-14-26)27-15-5-2-6-16-27/h1-6,9-10,13-17,20,24-25H,7-8,11-12,18-19,21-22H2/q+1. The van der Waals surface area contributed by atoms with Crippen LogP contribution in [0.3, 0.4) is 0 Å². The second-order valence-corrected chi connectivity index (χ2v) is 17.0. The summed E-state index contributed by atoms with van der Waals surface area (Å²) in [6.07, 6.45) is 2.87. The smallest absolute Gasteiger partial charge is 0.260 e. The van der Waals surface area contributed by atoms with E-state index in [0.29, 0.717) is 17.7 Å². The van der Waals surface area contributed by atoms with Crippen LogP contribution < -0.4 is 0 Å². The van der Waals surface area contributed by atoms with Gasteiger partial charge in [-0.1, -0.05) is 67.8 Å². The fraction of sp³-hybridized carbons (Fsp3) is 0.419. The first-order valence-corrected chi connectivity index (χ1v) is 18.6. The van der Waals surface area contributed by atoms with Gasteiger partial charge in [0.2, 0.25) is 0 Å². The highest BCUT2D eigenvalue weighted by Crippen LogP contribution is 2.53. The molecule has 46 heavy (non-hydrogen) atoms. The highest BCUT2D eigenvalue weighted by Gasteiger charge is 2.83. The Morgan fingerprint density at radius 2 is 1.24 bits per heavy atom. The Morgan fingerprint density at radius 3 is 1.83 bits per heavy atom. The monoisotopic (exact) mass is 708 g/mol. The molecule has 0 bridgehead atoms. The predicted molar refractivity (Wildman–Crippen MR) is 161 cm³/mol. The summed E-state index contributed by atoms with van der Waals surface area (Å²) in [6.45, 7) is -2.29. The molecule has 3 aromatic rings. The lowest BCUT2D eigenvalue weighted by molar-refractivity contribution is -0.247. The van der Waals surface area contributed by atoms with Crippen LogP contribution in [0.1, 0.15) is 37.7 Å². The van der Waals surface area contributed by atoms with E-state index in [9.17, 15) is 34.4 Å². The van der Waals surface area contributed by atoms with Crippen molar-refractivity contribution in [1.29, 1.82) is 0 Å². The number of sulfonamides is 1. The topological polar surface area (TPSA) is 80.8 Å². The minimum absolute atomic E-state index is 0.0132. The Hall–Kier alpha value is -2.59. The number of alkyl halides is 6. The first-order chi connectivity index (χ1) is 21.6. The molecule has 1 saturated heterocycles. The van der Waals surface area contributed by atoms with Crippen molar-refractivity contribution < 1.29 is 47.4 Å². The van der Waals surface area contributed by atoms with Gasteiger partial charge in [-0.25, -0.2) is 8.42 Å². The van der Waals surface area contributed by atoms with Crippen molar-refractivity contribution in [3.8, 4) is 0 Å². The molecule has 6 nitrogen and oxygen atoms in total. The third-order valence-electron chi connectivity index (χ3n) is 8.44. The van der Waals surface area contributed by atoms with Crippen molar-refractivity contribution in [2.24, 2.45) is 11.8 Å². The second-order valence-electron chi connectivity index (χ2n) is 11.4. The molecule has 2 atom stereocenters. The van der Waals surface area contributed by atoms with Crippen LogP contribution in [0.5, 0.6) is 0 Å². The van der Waals surface area contributed by atoms with Gasteiger partial charge >= 0.3 is 26.5 Å². The molecule has 5 rings (SSSR count). The Morgan fingerprint density at radius 1 is 0.696 bits per heavy atom. The zero-order valence-electron chi connectivity index (χ0n) is 24.4. The Bertz CT molecular complexity index is 1690. The zero-order chi connectivity index (χ0) is 33.4. The number of benzene rings is 3. The Labute approximate surface area is 267 Å². The molecular formula is C31H32F6NO5S3+. The van der Waals surface area contributed by atoms with Crippen molar-refractivity contribution in [2.45, 2.75) is 69.8 Å². The van der Waals surface area contributed by atoms with Crippen LogP contribution in [0.15, 0.2) is 99.6 Å². The largest absolute Gasteiger partial charge is 0.439 e. The SMILES string of the molecule is O=S(=O)(OCc1cccc([S+](c2ccccc2)c2ccccc2)c1)C(F)(F)C(F)(F)C(F)(F)S(=O)(=O)N1CCC2CCCCC2C1. The minimum atomic E-state index is -6.87. The first-order valence-electron chi connectivity index (χ1n) is 14.6. The van der Waals surface area contributed by atoms with Gasteiger partial charge in [-0.05, 0) is 66.6 Å². The van der Waals surface area contributed by atoms with E-state index in [1.165, 1.54) is 18.2 Å². The molecule has 3 aromatic carbocycles. The van der Waals surface area contributed by atoms with Crippen LogP contribution in [0.2, 0.25) is 0 Å². The number of fused-ring (bicyclic) bond motifs is 1.